The molecule has 0 aliphatic heterocycles. The summed E-state index contributed by atoms with van der Waals surface area (Å²) in [4.78, 5) is 9.42. The van der Waals surface area contributed by atoms with E-state index in [2.05, 4.69) is 76.7 Å². The molecule has 3 atom stereocenters. The minimum Gasteiger partial charge on any atom is -0.394 e. The molecule has 0 spiro atoms. The maximum Gasteiger partial charge on any atom is 0.472 e. The second-order valence-corrected chi connectivity index (χ2v) is 10.7. The van der Waals surface area contributed by atoms with Crippen LogP contribution in [0.5, 0.6) is 0 Å². The van der Waals surface area contributed by atoms with Crippen molar-refractivity contribution in [1.82, 2.24) is 0 Å². The van der Waals surface area contributed by atoms with Crippen molar-refractivity contribution in [2.24, 2.45) is 0 Å². The summed E-state index contributed by atoms with van der Waals surface area (Å²) in [5.41, 5.74) is 0. The third-order valence-electron chi connectivity index (χ3n) is 5.45. The smallest absolute Gasteiger partial charge is 0.394 e. The van der Waals surface area contributed by atoms with Crippen LogP contribution in [0.1, 0.15) is 84.0 Å². The Labute approximate surface area is 236 Å². The van der Waals surface area contributed by atoms with E-state index >= 15 is 0 Å². The van der Waals surface area contributed by atoms with Gasteiger partial charge in [0.2, 0.25) is 0 Å². The highest BCUT2D eigenvalue weighted by atomic mass is 31.2. The standard InChI is InChI=1S/C30H53O8P/c1-2-3-4-5-6-7-8-9-10-11-12-13-14-15-16-17-18-19-20-21-22-23-24-36-26-30(33)28-38-39(34,35)37-27-29(32)25-31/h3-4,6-7,9-10,12-13,15-16,29-33H,2,5,8,11,14,17-28H2,1H3,(H,34,35)/b4-3-,7-6-,10-9-,13-12-,16-15-. The summed E-state index contributed by atoms with van der Waals surface area (Å²) in [5.74, 6) is 0. The molecule has 39 heavy (non-hydrogen) atoms. The van der Waals surface area contributed by atoms with Gasteiger partial charge in [0.25, 0.3) is 0 Å². The summed E-state index contributed by atoms with van der Waals surface area (Å²) in [5, 5.41) is 27.5. The molecule has 0 bridgehead atoms. The van der Waals surface area contributed by atoms with Crippen LogP contribution < -0.4 is 0 Å². The van der Waals surface area contributed by atoms with E-state index in [1.54, 1.807) is 0 Å². The number of unbranched alkanes of at least 4 members (excludes halogenated alkanes) is 6. The van der Waals surface area contributed by atoms with Crippen LogP contribution in [0, 0.1) is 0 Å². The molecular formula is C30H53O8P. The Kier molecular flexibility index (Phi) is 27.2. The number of allylic oxidation sites excluding steroid dienone is 10. The van der Waals surface area contributed by atoms with E-state index in [1.165, 1.54) is 19.3 Å². The van der Waals surface area contributed by atoms with Crippen LogP contribution in [-0.2, 0) is 18.3 Å². The van der Waals surface area contributed by atoms with E-state index in [4.69, 9.17) is 14.9 Å². The quantitative estimate of drug-likeness (QED) is 0.0511. The highest BCUT2D eigenvalue weighted by Gasteiger charge is 2.24. The molecule has 0 aromatic rings. The molecule has 0 saturated heterocycles. The lowest BCUT2D eigenvalue weighted by Gasteiger charge is -2.16. The first-order valence-corrected chi connectivity index (χ1v) is 15.8. The predicted octanol–water partition coefficient (Wildman–Crippen LogP) is 6.33. The summed E-state index contributed by atoms with van der Waals surface area (Å²) >= 11 is 0. The van der Waals surface area contributed by atoms with Crippen LogP contribution in [0.15, 0.2) is 60.8 Å². The van der Waals surface area contributed by atoms with Crippen LogP contribution in [-0.4, -0.2) is 65.5 Å². The normalized spacial score (nSPS) is 15.9. The number of phosphoric ester groups is 1. The summed E-state index contributed by atoms with van der Waals surface area (Å²) in [6, 6.07) is 0. The first kappa shape index (κ1) is 37.6. The van der Waals surface area contributed by atoms with Gasteiger partial charge in [0.15, 0.2) is 0 Å². The lowest BCUT2D eigenvalue weighted by atomic mass is 10.1. The minimum absolute atomic E-state index is 0.00743. The van der Waals surface area contributed by atoms with Gasteiger partial charge in [-0.2, -0.15) is 0 Å². The average molecular weight is 573 g/mol. The lowest BCUT2D eigenvalue weighted by Crippen LogP contribution is -2.23. The van der Waals surface area contributed by atoms with Gasteiger partial charge < -0.3 is 24.9 Å². The minimum atomic E-state index is -4.40. The Morgan fingerprint density at radius 3 is 1.64 bits per heavy atom. The highest BCUT2D eigenvalue weighted by Crippen LogP contribution is 2.43. The number of phosphoric acid groups is 1. The number of ether oxygens (including phenoxy) is 1. The number of rotatable bonds is 27. The summed E-state index contributed by atoms with van der Waals surface area (Å²) < 4.78 is 26.1. The zero-order valence-electron chi connectivity index (χ0n) is 23.8. The Balaban J connectivity index is 3.49. The zero-order valence-corrected chi connectivity index (χ0v) is 24.7. The van der Waals surface area contributed by atoms with Gasteiger partial charge in [-0.25, -0.2) is 4.57 Å². The Bertz CT molecular complexity index is 732. The van der Waals surface area contributed by atoms with Crippen molar-refractivity contribution in [2.75, 3.05) is 33.0 Å². The van der Waals surface area contributed by atoms with Crippen LogP contribution in [0.2, 0.25) is 0 Å². The van der Waals surface area contributed by atoms with Gasteiger partial charge >= 0.3 is 7.82 Å². The van der Waals surface area contributed by atoms with Crippen molar-refractivity contribution in [1.29, 1.82) is 0 Å². The molecule has 0 radical (unpaired) electrons. The second kappa shape index (κ2) is 28.2. The summed E-state index contributed by atoms with van der Waals surface area (Å²) in [7, 11) is -4.40. The molecule has 0 fully saturated rings. The van der Waals surface area contributed by atoms with E-state index in [0.717, 1.165) is 57.8 Å². The van der Waals surface area contributed by atoms with Crippen molar-refractivity contribution in [2.45, 2.75) is 96.2 Å². The van der Waals surface area contributed by atoms with E-state index in [0.29, 0.717) is 6.61 Å². The molecule has 226 valence electrons. The predicted molar refractivity (Wildman–Crippen MR) is 158 cm³/mol. The third kappa shape index (κ3) is 29.5. The molecule has 9 heteroatoms. The van der Waals surface area contributed by atoms with Crippen molar-refractivity contribution in [3.8, 4) is 0 Å². The van der Waals surface area contributed by atoms with Crippen molar-refractivity contribution < 1.29 is 38.6 Å². The average Bonchev–Trinajstić information content (AvgIpc) is 2.93. The SMILES string of the molecule is CC/C=C\C/C=C\C/C=C\C/C=C\C/C=C\CCCCCCCCOCC(O)COP(=O)(O)OCC(O)CO. The first-order valence-electron chi connectivity index (χ1n) is 14.3. The van der Waals surface area contributed by atoms with E-state index in [1.807, 2.05) is 0 Å². The maximum atomic E-state index is 11.6. The van der Waals surface area contributed by atoms with Gasteiger partial charge in [0, 0.05) is 6.61 Å². The molecule has 0 rings (SSSR count). The molecule has 0 aliphatic carbocycles. The van der Waals surface area contributed by atoms with Crippen molar-refractivity contribution >= 4 is 7.82 Å². The van der Waals surface area contributed by atoms with E-state index in [-0.39, 0.29) is 6.61 Å². The maximum absolute atomic E-state index is 11.6. The number of aliphatic hydroxyl groups is 3. The van der Waals surface area contributed by atoms with Gasteiger partial charge in [-0.15, -0.1) is 0 Å². The fourth-order valence-corrected chi connectivity index (χ4v) is 4.06. The molecular weight excluding hydrogens is 519 g/mol. The zero-order chi connectivity index (χ0) is 28.9. The van der Waals surface area contributed by atoms with Gasteiger partial charge in [0.1, 0.15) is 12.2 Å². The summed E-state index contributed by atoms with van der Waals surface area (Å²) in [6.45, 7) is 1.08. The molecule has 0 aromatic carbocycles. The topological polar surface area (TPSA) is 126 Å². The molecule has 8 nitrogen and oxygen atoms in total. The fourth-order valence-electron chi connectivity index (χ4n) is 3.26. The van der Waals surface area contributed by atoms with Crippen LogP contribution in [0.3, 0.4) is 0 Å². The number of hydrogen-bond acceptors (Lipinski definition) is 7. The molecule has 0 aromatic heterocycles. The van der Waals surface area contributed by atoms with Crippen LogP contribution in [0.4, 0.5) is 0 Å². The second-order valence-electron chi connectivity index (χ2n) is 9.24. The third-order valence-corrected chi connectivity index (χ3v) is 6.40. The van der Waals surface area contributed by atoms with Crippen molar-refractivity contribution in [3.05, 3.63) is 60.8 Å². The van der Waals surface area contributed by atoms with Gasteiger partial charge in [-0.3, -0.25) is 9.05 Å². The molecule has 0 aliphatic rings. The first-order chi connectivity index (χ1) is 18.9. The largest absolute Gasteiger partial charge is 0.472 e. The summed E-state index contributed by atoms with van der Waals surface area (Å²) in [6.07, 6.45) is 32.7. The molecule has 3 unspecified atom stereocenters. The van der Waals surface area contributed by atoms with Gasteiger partial charge in [-0.1, -0.05) is 93.4 Å². The van der Waals surface area contributed by atoms with Crippen molar-refractivity contribution in [3.63, 3.8) is 0 Å². The van der Waals surface area contributed by atoms with Gasteiger partial charge in [-0.05, 0) is 51.4 Å². The van der Waals surface area contributed by atoms with Crippen LogP contribution >= 0.6 is 7.82 Å². The lowest BCUT2D eigenvalue weighted by molar-refractivity contribution is -0.00437. The molecule has 0 amide bonds. The molecule has 0 saturated carbocycles. The molecule has 0 heterocycles. The Hall–Kier alpha value is -1.35. The Morgan fingerprint density at radius 1 is 0.641 bits per heavy atom. The monoisotopic (exact) mass is 572 g/mol. The van der Waals surface area contributed by atoms with Gasteiger partial charge in [0.05, 0.1) is 26.4 Å². The molecule has 4 N–H and O–H groups in total. The Morgan fingerprint density at radius 2 is 1.10 bits per heavy atom. The van der Waals surface area contributed by atoms with E-state index in [9.17, 15) is 14.6 Å². The number of hydrogen-bond donors (Lipinski definition) is 4. The fraction of sp³-hybridized carbons (Fsp3) is 0.667. The van der Waals surface area contributed by atoms with Crippen LogP contribution in [0.25, 0.3) is 0 Å². The number of aliphatic hydroxyl groups excluding tert-OH is 3. The van der Waals surface area contributed by atoms with E-state index < -0.39 is 39.9 Å². The highest BCUT2D eigenvalue weighted by molar-refractivity contribution is 7.47.